The van der Waals surface area contributed by atoms with E-state index in [1.807, 2.05) is 43.9 Å². The molecular formula is C25H30N4OS. The number of hydrogen-bond donors (Lipinski definition) is 3. The quantitative estimate of drug-likeness (QED) is 0.461. The largest absolute Gasteiger partial charge is 0.374 e. The molecular weight excluding hydrogens is 404 g/mol. The van der Waals surface area contributed by atoms with Gasteiger partial charge < -0.3 is 15.6 Å². The van der Waals surface area contributed by atoms with Crippen LogP contribution in [0.15, 0.2) is 42.7 Å². The molecule has 1 fully saturated rings. The molecule has 1 amide bonds. The lowest BCUT2D eigenvalue weighted by molar-refractivity contribution is -0.117. The summed E-state index contributed by atoms with van der Waals surface area (Å²) in [6.45, 7) is 8.24. The molecule has 2 aromatic heterocycles. The van der Waals surface area contributed by atoms with E-state index in [9.17, 15) is 4.79 Å². The number of anilines is 1. The number of aryl methyl sites for hydroxylation is 1. The number of nitrogens with zero attached hydrogens (tertiary/aromatic N) is 1. The molecule has 162 valence electrons. The average molecular weight is 435 g/mol. The third-order valence-electron chi connectivity index (χ3n) is 5.45. The summed E-state index contributed by atoms with van der Waals surface area (Å²) in [7, 11) is 0. The van der Waals surface area contributed by atoms with Crippen LogP contribution < -0.4 is 10.6 Å². The van der Waals surface area contributed by atoms with Gasteiger partial charge in [0.25, 0.3) is 0 Å². The van der Waals surface area contributed by atoms with Crippen LogP contribution >= 0.6 is 11.8 Å². The molecule has 5 nitrogen and oxygen atoms in total. The minimum atomic E-state index is 0.130. The Bertz CT molecular complexity index is 1130. The maximum Gasteiger partial charge on any atom is 0.227 e. The molecule has 0 radical (unpaired) electrons. The summed E-state index contributed by atoms with van der Waals surface area (Å²) >= 11 is 1.86. The van der Waals surface area contributed by atoms with Gasteiger partial charge in [0.2, 0.25) is 5.91 Å². The first-order valence-electron chi connectivity index (χ1n) is 11.1. The van der Waals surface area contributed by atoms with Crippen molar-refractivity contribution >= 4 is 40.0 Å². The highest BCUT2D eigenvalue weighted by molar-refractivity contribution is 7.99. The number of pyridine rings is 1. The van der Waals surface area contributed by atoms with Crippen molar-refractivity contribution in [1.29, 1.82) is 0 Å². The summed E-state index contributed by atoms with van der Waals surface area (Å²) in [6, 6.07) is 10.3. The molecule has 1 atom stereocenters. The third kappa shape index (κ3) is 4.35. The number of fused-ring (bicyclic) bond motifs is 3. The summed E-state index contributed by atoms with van der Waals surface area (Å²) in [6.07, 6.45) is 6.01. The summed E-state index contributed by atoms with van der Waals surface area (Å²) in [4.78, 5) is 20.4. The van der Waals surface area contributed by atoms with Crippen molar-refractivity contribution in [1.82, 2.24) is 15.3 Å². The van der Waals surface area contributed by atoms with Crippen LogP contribution in [0.2, 0.25) is 0 Å². The number of amides is 1. The van der Waals surface area contributed by atoms with Gasteiger partial charge in [-0.3, -0.25) is 4.79 Å². The van der Waals surface area contributed by atoms with E-state index in [1.54, 1.807) is 0 Å². The van der Waals surface area contributed by atoms with Crippen LogP contribution in [-0.2, 0) is 4.79 Å². The van der Waals surface area contributed by atoms with Crippen LogP contribution in [0, 0.1) is 12.8 Å². The Morgan fingerprint density at radius 2 is 2.06 bits per heavy atom. The fourth-order valence-electron chi connectivity index (χ4n) is 3.88. The van der Waals surface area contributed by atoms with Gasteiger partial charge in [0.15, 0.2) is 0 Å². The first kappa shape index (κ1) is 21.5. The molecule has 3 N–H and O–H groups in total. The van der Waals surface area contributed by atoms with Crippen LogP contribution in [0.3, 0.4) is 0 Å². The summed E-state index contributed by atoms with van der Waals surface area (Å²) < 4.78 is 0. The van der Waals surface area contributed by atoms with Crippen LogP contribution in [0.4, 0.5) is 5.69 Å². The highest BCUT2D eigenvalue weighted by Gasteiger charge is 2.30. The lowest BCUT2D eigenvalue weighted by atomic mass is 9.94. The van der Waals surface area contributed by atoms with Crippen LogP contribution in [0.5, 0.6) is 0 Å². The zero-order valence-electron chi connectivity index (χ0n) is 18.6. The fraction of sp³-hybridized carbons (Fsp3) is 0.360. The van der Waals surface area contributed by atoms with E-state index in [4.69, 9.17) is 0 Å². The normalized spacial score (nSPS) is 17.2. The van der Waals surface area contributed by atoms with E-state index in [-0.39, 0.29) is 17.2 Å². The molecule has 0 bridgehead atoms. The Balaban J connectivity index is 0.00000112. The van der Waals surface area contributed by atoms with E-state index in [2.05, 4.69) is 58.8 Å². The molecule has 1 aliphatic heterocycles. The van der Waals surface area contributed by atoms with Crippen molar-refractivity contribution in [3.63, 3.8) is 0 Å². The molecule has 5 rings (SSSR count). The minimum absolute atomic E-state index is 0.130. The van der Waals surface area contributed by atoms with Gasteiger partial charge in [-0.1, -0.05) is 32.9 Å². The molecule has 0 spiro atoms. The SMILES string of the molecule is CC.CCSC1NC=C(c2cccc(NC(=O)C3CC3)c2)c2c1[nH]c1ncc(C)cc21. The molecule has 1 aliphatic carbocycles. The molecule has 6 heteroatoms. The third-order valence-corrected chi connectivity index (χ3v) is 6.49. The standard InChI is InChI=1S/C23H24N4OS.C2H6/c1-3-29-23-20-19(17-9-13(2)11-24-21(17)27-20)18(12-25-23)15-5-4-6-16(10-15)26-22(28)14-7-8-14;1-2/h4-6,9-12,14,23,25H,3,7-8H2,1-2H3,(H,24,27)(H,26,28);1-2H3. The monoisotopic (exact) mass is 434 g/mol. The lowest BCUT2D eigenvalue weighted by Crippen LogP contribution is -2.19. The maximum atomic E-state index is 12.2. The van der Waals surface area contributed by atoms with E-state index in [1.165, 1.54) is 5.56 Å². The predicted molar refractivity (Wildman–Crippen MR) is 131 cm³/mol. The molecule has 3 heterocycles. The molecule has 2 aliphatic rings. The van der Waals surface area contributed by atoms with E-state index in [0.29, 0.717) is 0 Å². The predicted octanol–water partition coefficient (Wildman–Crippen LogP) is 5.99. The number of thioether (sulfide) groups is 1. The van der Waals surface area contributed by atoms with Crippen LogP contribution in [0.1, 0.15) is 61.4 Å². The van der Waals surface area contributed by atoms with E-state index >= 15 is 0 Å². The highest BCUT2D eigenvalue weighted by Crippen LogP contribution is 2.42. The molecule has 1 unspecified atom stereocenters. The first-order chi connectivity index (χ1) is 15.1. The Kier molecular flexibility index (Phi) is 6.37. The van der Waals surface area contributed by atoms with Crippen molar-refractivity contribution in [2.45, 2.75) is 45.9 Å². The summed E-state index contributed by atoms with van der Waals surface area (Å²) in [5.74, 6) is 1.34. The minimum Gasteiger partial charge on any atom is -0.374 e. The number of carbonyl (C=O) groups excluding carboxylic acids is 1. The maximum absolute atomic E-state index is 12.2. The van der Waals surface area contributed by atoms with E-state index in [0.717, 1.165) is 57.7 Å². The van der Waals surface area contributed by atoms with Crippen molar-refractivity contribution in [3.8, 4) is 0 Å². The smallest absolute Gasteiger partial charge is 0.227 e. The Labute approximate surface area is 188 Å². The number of benzene rings is 1. The second-order valence-corrected chi connectivity index (χ2v) is 9.11. The number of carbonyl (C=O) groups is 1. The molecule has 1 saturated carbocycles. The number of rotatable bonds is 5. The first-order valence-corrected chi connectivity index (χ1v) is 12.2. The van der Waals surface area contributed by atoms with Crippen molar-refractivity contribution in [3.05, 3.63) is 65.1 Å². The van der Waals surface area contributed by atoms with Gasteiger partial charge in [0.05, 0.1) is 5.69 Å². The molecule has 3 aromatic rings. The zero-order valence-corrected chi connectivity index (χ0v) is 19.4. The average Bonchev–Trinajstić information content (AvgIpc) is 3.57. The van der Waals surface area contributed by atoms with Gasteiger partial charge in [-0.2, -0.15) is 0 Å². The van der Waals surface area contributed by atoms with Gasteiger partial charge in [0.1, 0.15) is 11.0 Å². The second-order valence-electron chi connectivity index (χ2n) is 7.73. The van der Waals surface area contributed by atoms with Gasteiger partial charge in [-0.05, 0) is 54.8 Å². The number of aromatic nitrogens is 2. The van der Waals surface area contributed by atoms with Crippen molar-refractivity contribution < 1.29 is 4.79 Å². The van der Waals surface area contributed by atoms with Crippen molar-refractivity contribution in [2.24, 2.45) is 5.92 Å². The Morgan fingerprint density at radius 3 is 2.81 bits per heavy atom. The topological polar surface area (TPSA) is 69.8 Å². The van der Waals surface area contributed by atoms with Crippen LogP contribution in [0.25, 0.3) is 16.6 Å². The van der Waals surface area contributed by atoms with Gasteiger partial charge >= 0.3 is 0 Å². The Hall–Kier alpha value is -2.73. The van der Waals surface area contributed by atoms with Crippen LogP contribution in [-0.4, -0.2) is 21.6 Å². The van der Waals surface area contributed by atoms with E-state index < -0.39 is 0 Å². The Morgan fingerprint density at radius 1 is 1.26 bits per heavy atom. The zero-order chi connectivity index (χ0) is 22.0. The number of nitrogens with one attached hydrogen (secondary N) is 3. The number of H-pyrrole nitrogens is 1. The fourth-order valence-corrected chi connectivity index (χ4v) is 4.72. The number of aromatic amines is 1. The molecule has 1 aromatic carbocycles. The molecule has 0 saturated heterocycles. The lowest BCUT2D eigenvalue weighted by Gasteiger charge is -2.24. The summed E-state index contributed by atoms with van der Waals surface area (Å²) in [5, 5.41) is 7.92. The van der Waals surface area contributed by atoms with Crippen molar-refractivity contribution in [2.75, 3.05) is 11.1 Å². The highest BCUT2D eigenvalue weighted by atomic mass is 32.2. The van der Waals surface area contributed by atoms with Gasteiger partial charge in [-0.15, -0.1) is 11.8 Å². The number of hydrogen-bond acceptors (Lipinski definition) is 4. The summed E-state index contributed by atoms with van der Waals surface area (Å²) in [5.41, 5.74) is 7.46. The van der Waals surface area contributed by atoms with Gasteiger partial charge in [-0.25, -0.2) is 4.98 Å². The van der Waals surface area contributed by atoms with Gasteiger partial charge in [0, 0.05) is 40.5 Å². The molecule has 31 heavy (non-hydrogen) atoms. The second kappa shape index (κ2) is 9.18.